The second kappa shape index (κ2) is 5.39. The smallest absolute Gasteiger partial charge is 0.216 e. The van der Waals surface area contributed by atoms with Crippen LogP contribution >= 0.6 is 11.3 Å². The normalized spacial score (nSPS) is 8.69. The Labute approximate surface area is 82.0 Å². The van der Waals surface area contributed by atoms with Gasteiger partial charge >= 0.3 is 0 Å². The highest BCUT2D eigenvalue weighted by molar-refractivity contribution is 7.08. The first-order valence-electron chi connectivity index (χ1n) is 4.04. The number of thiophene rings is 1. The van der Waals surface area contributed by atoms with Crippen molar-refractivity contribution in [2.45, 2.75) is 13.3 Å². The average Bonchev–Trinajstić information content (AvgIpc) is 2.55. The Balaban J connectivity index is 2.22. The predicted octanol–water partition coefficient (Wildman–Crippen LogP) is 1.63. The van der Waals surface area contributed by atoms with Gasteiger partial charge in [0.25, 0.3) is 0 Å². The molecule has 1 heterocycles. The van der Waals surface area contributed by atoms with Crippen molar-refractivity contribution in [2.75, 3.05) is 6.54 Å². The van der Waals surface area contributed by atoms with Crippen LogP contribution in [-0.2, 0) is 4.79 Å². The maximum absolute atomic E-state index is 10.5. The molecule has 0 aromatic carbocycles. The van der Waals surface area contributed by atoms with Crippen molar-refractivity contribution in [3.8, 4) is 11.8 Å². The van der Waals surface area contributed by atoms with Crippen molar-refractivity contribution in [1.29, 1.82) is 0 Å². The quantitative estimate of drug-likeness (QED) is 0.561. The fourth-order valence-corrected chi connectivity index (χ4v) is 1.39. The van der Waals surface area contributed by atoms with Gasteiger partial charge in [-0.05, 0) is 11.4 Å². The summed E-state index contributed by atoms with van der Waals surface area (Å²) >= 11 is 1.64. The van der Waals surface area contributed by atoms with Crippen LogP contribution in [0.4, 0.5) is 0 Å². The zero-order valence-corrected chi connectivity index (χ0v) is 8.28. The lowest BCUT2D eigenvalue weighted by Gasteiger charge is -1.94. The third kappa shape index (κ3) is 4.34. The molecule has 1 rings (SSSR count). The van der Waals surface area contributed by atoms with Crippen molar-refractivity contribution in [2.24, 2.45) is 0 Å². The van der Waals surface area contributed by atoms with Crippen LogP contribution in [0, 0.1) is 11.8 Å². The molecule has 1 amide bonds. The van der Waals surface area contributed by atoms with E-state index in [0.29, 0.717) is 13.0 Å². The van der Waals surface area contributed by atoms with Gasteiger partial charge < -0.3 is 5.32 Å². The third-order valence-corrected chi connectivity index (χ3v) is 2.06. The van der Waals surface area contributed by atoms with E-state index in [1.807, 2.05) is 16.8 Å². The van der Waals surface area contributed by atoms with Gasteiger partial charge in [0, 0.05) is 30.8 Å². The maximum Gasteiger partial charge on any atom is 0.216 e. The minimum atomic E-state index is -0.00247. The molecule has 1 N–H and O–H groups in total. The van der Waals surface area contributed by atoms with Crippen LogP contribution in [0.1, 0.15) is 18.9 Å². The summed E-state index contributed by atoms with van der Waals surface area (Å²) in [7, 11) is 0. The van der Waals surface area contributed by atoms with Crippen LogP contribution in [0.25, 0.3) is 0 Å². The highest BCUT2D eigenvalue weighted by Gasteiger charge is 1.87. The fraction of sp³-hybridized carbons (Fsp3) is 0.300. The minimum absolute atomic E-state index is 0.00247. The summed E-state index contributed by atoms with van der Waals surface area (Å²) in [6, 6.07) is 1.98. The topological polar surface area (TPSA) is 29.1 Å². The van der Waals surface area contributed by atoms with E-state index in [-0.39, 0.29) is 5.91 Å². The number of rotatable bonds is 2. The van der Waals surface area contributed by atoms with Crippen molar-refractivity contribution in [3.63, 3.8) is 0 Å². The maximum atomic E-state index is 10.5. The lowest BCUT2D eigenvalue weighted by Crippen LogP contribution is -2.20. The van der Waals surface area contributed by atoms with E-state index in [9.17, 15) is 4.79 Å². The molecule has 0 atom stereocenters. The monoisotopic (exact) mass is 193 g/mol. The van der Waals surface area contributed by atoms with E-state index in [2.05, 4.69) is 17.2 Å². The summed E-state index contributed by atoms with van der Waals surface area (Å²) in [5, 5.41) is 6.69. The molecule has 68 valence electrons. The molecule has 0 aliphatic heterocycles. The molecule has 1 aromatic heterocycles. The van der Waals surface area contributed by atoms with Gasteiger partial charge in [0.2, 0.25) is 5.91 Å². The molecule has 0 fully saturated rings. The fourth-order valence-electron chi connectivity index (χ4n) is 0.801. The number of nitrogens with one attached hydrogen (secondary N) is 1. The molecule has 13 heavy (non-hydrogen) atoms. The highest BCUT2D eigenvalue weighted by atomic mass is 32.1. The molecule has 0 saturated heterocycles. The van der Waals surface area contributed by atoms with E-state index in [0.717, 1.165) is 5.56 Å². The van der Waals surface area contributed by atoms with Crippen LogP contribution in [0.2, 0.25) is 0 Å². The number of carbonyl (C=O) groups is 1. The molecular weight excluding hydrogens is 182 g/mol. The summed E-state index contributed by atoms with van der Waals surface area (Å²) in [5.74, 6) is 5.99. The van der Waals surface area contributed by atoms with Crippen LogP contribution in [0.3, 0.4) is 0 Å². The lowest BCUT2D eigenvalue weighted by atomic mass is 10.3. The van der Waals surface area contributed by atoms with Gasteiger partial charge in [-0.15, -0.1) is 0 Å². The van der Waals surface area contributed by atoms with Crippen LogP contribution in [0.5, 0.6) is 0 Å². The van der Waals surface area contributed by atoms with Gasteiger partial charge in [0.05, 0.1) is 0 Å². The largest absolute Gasteiger partial charge is 0.355 e. The number of amides is 1. The Morgan fingerprint density at radius 2 is 2.54 bits per heavy atom. The van der Waals surface area contributed by atoms with E-state index in [4.69, 9.17) is 0 Å². The molecule has 0 saturated carbocycles. The molecule has 0 bridgehead atoms. The van der Waals surface area contributed by atoms with Crippen LogP contribution < -0.4 is 5.32 Å². The van der Waals surface area contributed by atoms with Crippen molar-refractivity contribution in [3.05, 3.63) is 22.4 Å². The summed E-state index contributed by atoms with van der Waals surface area (Å²) in [5.41, 5.74) is 1.05. The van der Waals surface area contributed by atoms with Gasteiger partial charge in [0.1, 0.15) is 0 Å². The van der Waals surface area contributed by atoms with Gasteiger partial charge in [-0.2, -0.15) is 11.3 Å². The lowest BCUT2D eigenvalue weighted by molar-refractivity contribution is -0.118. The first-order chi connectivity index (χ1) is 6.29. The van der Waals surface area contributed by atoms with Crippen molar-refractivity contribution in [1.82, 2.24) is 5.32 Å². The Kier molecular flexibility index (Phi) is 4.07. The summed E-state index contributed by atoms with van der Waals surface area (Å²) in [6.45, 7) is 2.14. The molecular formula is C10H11NOS. The van der Waals surface area contributed by atoms with E-state index in [1.54, 1.807) is 11.3 Å². The Bertz CT molecular complexity index is 318. The standard InChI is InChI=1S/C10H11NOS/c1-9(12)11-6-3-2-4-10-5-7-13-8-10/h5,7-8H,3,6H2,1H3,(H,11,12). The molecule has 2 nitrogen and oxygen atoms in total. The SMILES string of the molecule is CC(=O)NCCC#Cc1ccsc1. The first kappa shape index (κ1) is 9.82. The Morgan fingerprint density at radius 3 is 3.15 bits per heavy atom. The third-order valence-electron chi connectivity index (χ3n) is 1.38. The van der Waals surface area contributed by atoms with E-state index >= 15 is 0 Å². The minimum Gasteiger partial charge on any atom is -0.355 e. The molecule has 0 aliphatic rings. The first-order valence-corrected chi connectivity index (χ1v) is 4.99. The van der Waals surface area contributed by atoms with Gasteiger partial charge in [-0.1, -0.05) is 11.8 Å². The summed E-state index contributed by atoms with van der Waals surface area (Å²) < 4.78 is 0. The van der Waals surface area contributed by atoms with Gasteiger partial charge in [-0.25, -0.2) is 0 Å². The van der Waals surface area contributed by atoms with Crippen LogP contribution in [-0.4, -0.2) is 12.5 Å². The molecule has 0 aliphatic carbocycles. The summed E-state index contributed by atoms with van der Waals surface area (Å²) in [4.78, 5) is 10.5. The average molecular weight is 193 g/mol. The molecule has 0 spiro atoms. The number of hydrogen-bond acceptors (Lipinski definition) is 2. The Morgan fingerprint density at radius 1 is 1.69 bits per heavy atom. The van der Waals surface area contributed by atoms with Crippen LogP contribution in [0.15, 0.2) is 16.8 Å². The van der Waals surface area contributed by atoms with Gasteiger partial charge in [-0.3, -0.25) is 4.79 Å². The number of hydrogen-bond donors (Lipinski definition) is 1. The van der Waals surface area contributed by atoms with Gasteiger partial charge in [0.15, 0.2) is 0 Å². The second-order valence-corrected chi connectivity index (χ2v) is 3.33. The zero-order chi connectivity index (χ0) is 9.52. The molecule has 1 aromatic rings. The highest BCUT2D eigenvalue weighted by Crippen LogP contribution is 2.02. The molecule has 0 radical (unpaired) electrons. The molecule has 3 heteroatoms. The Hall–Kier alpha value is -1.27. The van der Waals surface area contributed by atoms with E-state index < -0.39 is 0 Å². The predicted molar refractivity (Wildman–Crippen MR) is 54.5 cm³/mol. The van der Waals surface area contributed by atoms with Crippen molar-refractivity contribution >= 4 is 17.2 Å². The molecule has 0 unspecified atom stereocenters. The van der Waals surface area contributed by atoms with E-state index in [1.165, 1.54) is 6.92 Å². The van der Waals surface area contributed by atoms with Crippen molar-refractivity contribution < 1.29 is 4.79 Å². The summed E-state index contributed by atoms with van der Waals surface area (Å²) in [6.07, 6.45) is 0.704. The second-order valence-electron chi connectivity index (χ2n) is 2.55. The zero-order valence-electron chi connectivity index (χ0n) is 7.46. The number of carbonyl (C=O) groups excluding carboxylic acids is 1.